The van der Waals surface area contributed by atoms with Crippen molar-refractivity contribution >= 4 is 5.97 Å². The molecule has 5 unspecified atom stereocenters. The summed E-state index contributed by atoms with van der Waals surface area (Å²) in [6, 6.07) is 6.70. The van der Waals surface area contributed by atoms with Gasteiger partial charge in [-0.25, -0.2) is 4.39 Å². The Hall–Kier alpha value is -1.38. The first-order chi connectivity index (χ1) is 9.59. The Labute approximate surface area is 118 Å². The van der Waals surface area contributed by atoms with Crippen molar-refractivity contribution in [1.82, 2.24) is 0 Å². The molecular formula is C17H19FO2. The summed E-state index contributed by atoms with van der Waals surface area (Å²) in [6.07, 6.45) is 4.85. The molecule has 0 radical (unpaired) electrons. The largest absolute Gasteiger partial charge is 0.481 e. The first-order valence-electron chi connectivity index (χ1n) is 7.57. The molecule has 0 amide bonds. The monoisotopic (exact) mass is 274 g/mol. The van der Waals surface area contributed by atoms with E-state index < -0.39 is 5.97 Å². The minimum absolute atomic E-state index is 0.162. The summed E-state index contributed by atoms with van der Waals surface area (Å²) >= 11 is 0. The van der Waals surface area contributed by atoms with Crippen LogP contribution in [0.25, 0.3) is 0 Å². The van der Waals surface area contributed by atoms with E-state index in [4.69, 9.17) is 0 Å². The zero-order valence-electron chi connectivity index (χ0n) is 11.4. The molecule has 4 bridgehead atoms. The predicted molar refractivity (Wildman–Crippen MR) is 72.8 cm³/mol. The van der Waals surface area contributed by atoms with Crippen molar-refractivity contribution in [3.05, 3.63) is 35.6 Å². The third kappa shape index (κ3) is 1.52. The molecule has 0 spiro atoms. The summed E-state index contributed by atoms with van der Waals surface area (Å²) in [6.45, 7) is 0. The number of carbonyl (C=O) groups is 1. The fourth-order valence-electron chi connectivity index (χ4n) is 5.77. The van der Waals surface area contributed by atoms with Crippen LogP contribution in [0.4, 0.5) is 4.39 Å². The SMILES string of the molecule is O=C(O)CC1(c2cccc(F)c2)C2CC3CC(C2)C1C3. The Kier molecular flexibility index (Phi) is 2.51. The molecule has 1 aromatic rings. The summed E-state index contributed by atoms with van der Waals surface area (Å²) in [5.41, 5.74) is 0.615. The standard InChI is InChI=1S/C17H19FO2/c18-14-3-1-2-12(8-14)17(9-16(19)20)13-5-10-4-11(7-13)15(17)6-10/h1-3,8,10-11,13,15H,4-7,9H2,(H,19,20). The number of hydrogen-bond donors (Lipinski definition) is 1. The molecule has 4 aliphatic carbocycles. The van der Waals surface area contributed by atoms with E-state index in [1.54, 1.807) is 12.1 Å². The van der Waals surface area contributed by atoms with Crippen LogP contribution in [0.2, 0.25) is 0 Å². The van der Waals surface area contributed by atoms with E-state index in [2.05, 4.69) is 0 Å². The van der Waals surface area contributed by atoms with Gasteiger partial charge < -0.3 is 5.11 Å². The van der Waals surface area contributed by atoms with Gasteiger partial charge in [0.25, 0.3) is 0 Å². The lowest BCUT2D eigenvalue weighted by Gasteiger charge is -2.44. The molecule has 1 aromatic carbocycles. The van der Waals surface area contributed by atoms with Gasteiger partial charge in [-0.15, -0.1) is 0 Å². The van der Waals surface area contributed by atoms with E-state index in [1.165, 1.54) is 12.5 Å². The van der Waals surface area contributed by atoms with Crippen molar-refractivity contribution in [2.24, 2.45) is 23.7 Å². The molecule has 4 saturated carbocycles. The molecule has 0 aliphatic heterocycles. The van der Waals surface area contributed by atoms with E-state index in [-0.39, 0.29) is 17.7 Å². The van der Waals surface area contributed by atoms with Crippen molar-refractivity contribution in [1.29, 1.82) is 0 Å². The number of carboxylic acid groups (broad SMARTS) is 1. The summed E-state index contributed by atoms with van der Waals surface area (Å²) < 4.78 is 13.7. The fraction of sp³-hybridized carbons (Fsp3) is 0.588. The molecule has 106 valence electrons. The highest BCUT2D eigenvalue weighted by molar-refractivity contribution is 5.69. The summed E-state index contributed by atoms with van der Waals surface area (Å²) in [5, 5.41) is 9.43. The molecule has 0 aromatic heterocycles. The average molecular weight is 274 g/mol. The number of carboxylic acids is 1. The second kappa shape index (κ2) is 4.06. The lowest BCUT2D eigenvalue weighted by Crippen LogP contribution is -2.42. The van der Waals surface area contributed by atoms with Crippen molar-refractivity contribution in [3.8, 4) is 0 Å². The van der Waals surface area contributed by atoms with E-state index in [1.807, 2.05) is 6.07 Å². The number of hydrogen-bond acceptors (Lipinski definition) is 1. The average Bonchev–Trinajstić information content (AvgIpc) is 2.79. The van der Waals surface area contributed by atoms with E-state index in [0.717, 1.165) is 30.7 Å². The molecule has 1 N–H and O–H groups in total. The molecular weight excluding hydrogens is 255 g/mol. The second-order valence-corrected chi connectivity index (χ2v) is 6.99. The van der Waals surface area contributed by atoms with Gasteiger partial charge in [0.2, 0.25) is 0 Å². The van der Waals surface area contributed by atoms with Gasteiger partial charge in [0.15, 0.2) is 0 Å². The van der Waals surface area contributed by atoms with Crippen LogP contribution < -0.4 is 0 Å². The van der Waals surface area contributed by atoms with Gasteiger partial charge in [0, 0.05) is 5.41 Å². The van der Waals surface area contributed by atoms with E-state index in [9.17, 15) is 14.3 Å². The van der Waals surface area contributed by atoms with Gasteiger partial charge in [-0.3, -0.25) is 4.79 Å². The maximum absolute atomic E-state index is 13.7. The lowest BCUT2D eigenvalue weighted by molar-refractivity contribution is -0.139. The minimum atomic E-state index is -0.745. The van der Waals surface area contributed by atoms with Crippen molar-refractivity contribution < 1.29 is 14.3 Å². The maximum atomic E-state index is 13.7. The number of halogens is 1. The molecule has 0 heterocycles. The molecule has 4 fully saturated rings. The number of benzene rings is 1. The topological polar surface area (TPSA) is 37.3 Å². The Bertz CT molecular complexity index is 566. The molecule has 4 aliphatic rings. The van der Waals surface area contributed by atoms with Crippen LogP contribution in [-0.4, -0.2) is 11.1 Å². The first-order valence-corrected chi connectivity index (χ1v) is 7.57. The highest BCUT2D eigenvalue weighted by atomic mass is 19.1. The van der Waals surface area contributed by atoms with E-state index >= 15 is 0 Å². The van der Waals surface area contributed by atoms with Gasteiger partial charge >= 0.3 is 5.97 Å². The molecule has 0 saturated heterocycles. The van der Waals surface area contributed by atoms with Crippen molar-refractivity contribution in [3.63, 3.8) is 0 Å². The highest BCUT2D eigenvalue weighted by Gasteiger charge is 2.63. The predicted octanol–water partition coefficient (Wildman–Crippen LogP) is 3.60. The number of aliphatic carboxylic acids is 1. The first kappa shape index (κ1) is 12.4. The molecule has 3 heteroatoms. The Balaban J connectivity index is 1.85. The minimum Gasteiger partial charge on any atom is -0.481 e. The van der Waals surface area contributed by atoms with E-state index in [0.29, 0.717) is 17.8 Å². The zero-order chi connectivity index (χ0) is 13.9. The Morgan fingerprint density at radius 3 is 2.85 bits per heavy atom. The molecule has 2 nitrogen and oxygen atoms in total. The lowest BCUT2D eigenvalue weighted by atomic mass is 9.59. The van der Waals surface area contributed by atoms with Crippen molar-refractivity contribution in [2.75, 3.05) is 0 Å². The van der Waals surface area contributed by atoms with Crippen LogP contribution in [-0.2, 0) is 10.2 Å². The van der Waals surface area contributed by atoms with Crippen LogP contribution in [0.5, 0.6) is 0 Å². The quantitative estimate of drug-likeness (QED) is 0.914. The highest BCUT2D eigenvalue weighted by Crippen LogP contribution is 2.68. The van der Waals surface area contributed by atoms with Crippen LogP contribution in [0.15, 0.2) is 24.3 Å². The van der Waals surface area contributed by atoms with Crippen LogP contribution in [0, 0.1) is 29.5 Å². The summed E-state index contributed by atoms with van der Waals surface area (Å²) in [7, 11) is 0. The molecule has 5 atom stereocenters. The van der Waals surface area contributed by atoms with Gasteiger partial charge in [0.05, 0.1) is 6.42 Å². The summed E-state index contributed by atoms with van der Waals surface area (Å²) in [4.78, 5) is 11.5. The number of rotatable bonds is 3. The molecule has 5 rings (SSSR count). The van der Waals surface area contributed by atoms with Gasteiger partial charge in [-0.05, 0) is 67.1 Å². The third-order valence-electron chi connectivity index (χ3n) is 6.19. The van der Waals surface area contributed by atoms with Gasteiger partial charge in [0.1, 0.15) is 5.82 Å². The fourth-order valence-corrected chi connectivity index (χ4v) is 5.77. The van der Waals surface area contributed by atoms with Gasteiger partial charge in [-0.1, -0.05) is 12.1 Å². The normalized spacial score (nSPS) is 41.2. The van der Waals surface area contributed by atoms with Gasteiger partial charge in [-0.2, -0.15) is 0 Å². The Morgan fingerprint density at radius 1 is 1.30 bits per heavy atom. The van der Waals surface area contributed by atoms with Crippen LogP contribution in [0.3, 0.4) is 0 Å². The Morgan fingerprint density at radius 2 is 2.15 bits per heavy atom. The second-order valence-electron chi connectivity index (χ2n) is 6.99. The summed E-state index contributed by atoms with van der Waals surface area (Å²) in [5.74, 6) is 1.35. The van der Waals surface area contributed by atoms with Crippen LogP contribution >= 0.6 is 0 Å². The molecule has 20 heavy (non-hydrogen) atoms. The smallest absolute Gasteiger partial charge is 0.304 e. The van der Waals surface area contributed by atoms with Crippen LogP contribution in [0.1, 0.15) is 37.7 Å². The van der Waals surface area contributed by atoms with Crippen molar-refractivity contribution in [2.45, 2.75) is 37.5 Å². The maximum Gasteiger partial charge on any atom is 0.304 e. The third-order valence-corrected chi connectivity index (χ3v) is 6.19. The zero-order valence-corrected chi connectivity index (χ0v) is 11.4.